The van der Waals surface area contributed by atoms with Crippen LogP contribution in [0.5, 0.6) is 0 Å². The molecule has 43 heavy (non-hydrogen) atoms. The second-order valence-corrected chi connectivity index (χ2v) is 12.0. The van der Waals surface area contributed by atoms with E-state index in [2.05, 4.69) is 19.8 Å². The first-order valence-corrected chi connectivity index (χ1v) is 14.0. The molecule has 0 saturated carbocycles. The topological polar surface area (TPSA) is 132 Å². The van der Waals surface area contributed by atoms with Crippen LogP contribution in [-0.2, 0) is 9.47 Å². The fourth-order valence-electron chi connectivity index (χ4n) is 4.24. The van der Waals surface area contributed by atoms with E-state index in [9.17, 15) is 14.4 Å². The molecule has 12 heteroatoms. The Balaban J connectivity index is 0.000000293. The summed E-state index contributed by atoms with van der Waals surface area (Å²) in [5.74, 6) is 0. The standard InChI is InChI=1S/C15H20N4O2.C15H21N3O3.CH4/c1-15(2,3)21-14(20)19-8-6-18(7-9-19)13-5-4-12(10-16)17-11-13;1-15(2,3)21-14(20)18-8-6-17(7-9-18)13-5-4-12(11-19)16-10-13;/h4-5,11H,6-9H2,1-3H3;4-5,10-11H,6-9H2,1-3H3;1H4. The van der Waals surface area contributed by atoms with Gasteiger partial charge in [0.25, 0.3) is 0 Å². The quantitative estimate of drug-likeness (QED) is 0.464. The lowest BCUT2D eigenvalue weighted by Gasteiger charge is -2.36. The van der Waals surface area contributed by atoms with Gasteiger partial charge in [-0.1, -0.05) is 7.43 Å². The Hall–Kier alpha value is -4.40. The van der Waals surface area contributed by atoms with Gasteiger partial charge in [-0.2, -0.15) is 5.26 Å². The van der Waals surface area contributed by atoms with Crippen LogP contribution in [0.25, 0.3) is 0 Å². The van der Waals surface area contributed by atoms with Gasteiger partial charge >= 0.3 is 12.2 Å². The smallest absolute Gasteiger partial charge is 0.410 e. The van der Waals surface area contributed by atoms with E-state index in [0.717, 1.165) is 43.8 Å². The third-order valence-electron chi connectivity index (χ3n) is 6.35. The van der Waals surface area contributed by atoms with E-state index in [1.54, 1.807) is 34.3 Å². The molecule has 2 aromatic rings. The van der Waals surface area contributed by atoms with Crippen LogP contribution in [-0.4, -0.2) is 102 Å². The van der Waals surface area contributed by atoms with E-state index >= 15 is 0 Å². The van der Waals surface area contributed by atoms with E-state index in [-0.39, 0.29) is 19.6 Å². The molecule has 0 bridgehead atoms. The Kier molecular flexibility index (Phi) is 12.3. The van der Waals surface area contributed by atoms with Crippen LogP contribution in [0.2, 0.25) is 0 Å². The van der Waals surface area contributed by atoms with Gasteiger partial charge in [-0.3, -0.25) is 9.78 Å². The minimum absolute atomic E-state index is 0. The van der Waals surface area contributed by atoms with Gasteiger partial charge in [0.05, 0.1) is 23.8 Å². The number of rotatable bonds is 3. The van der Waals surface area contributed by atoms with Crippen molar-refractivity contribution in [3.05, 3.63) is 48.0 Å². The van der Waals surface area contributed by atoms with Gasteiger partial charge in [0.2, 0.25) is 0 Å². The van der Waals surface area contributed by atoms with Crippen molar-refractivity contribution in [2.45, 2.75) is 60.2 Å². The minimum Gasteiger partial charge on any atom is -0.444 e. The van der Waals surface area contributed by atoms with Crippen molar-refractivity contribution >= 4 is 29.8 Å². The molecule has 0 radical (unpaired) electrons. The molecule has 0 aliphatic carbocycles. The predicted octanol–water partition coefficient (Wildman–Crippen LogP) is 4.60. The number of nitrogens with zero attached hydrogens (tertiary/aromatic N) is 7. The van der Waals surface area contributed by atoms with E-state index in [1.807, 2.05) is 59.7 Å². The average Bonchev–Trinajstić information content (AvgIpc) is 2.96. The van der Waals surface area contributed by atoms with Gasteiger partial charge in [-0.25, -0.2) is 14.6 Å². The van der Waals surface area contributed by atoms with Gasteiger partial charge in [-0.15, -0.1) is 0 Å². The Morgan fingerprint density at radius 3 is 1.47 bits per heavy atom. The van der Waals surface area contributed by atoms with Crippen molar-refractivity contribution in [3.8, 4) is 6.07 Å². The highest BCUT2D eigenvalue weighted by molar-refractivity contribution is 5.72. The molecule has 12 nitrogen and oxygen atoms in total. The largest absolute Gasteiger partial charge is 0.444 e. The van der Waals surface area contributed by atoms with E-state index in [0.29, 0.717) is 37.6 Å². The van der Waals surface area contributed by atoms with Crippen LogP contribution >= 0.6 is 0 Å². The van der Waals surface area contributed by atoms with Gasteiger partial charge in [-0.05, 0) is 65.8 Å². The van der Waals surface area contributed by atoms with Crippen LogP contribution in [0, 0.1) is 11.3 Å². The number of carbonyl (C=O) groups excluding carboxylic acids is 3. The monoisotopic (exact) mass is 595 g/mol. The summed E-state index contributed by atoms with van der Waals surface area (Å²) >= 11 is 0. The zero-order chi connectivity index (χ0) is 30.9. The van der Waals surface area contributed by atoms with Gasteiger partial charge in [0.1, 0.15) is 28.7 Å². The molecule has 0 unspecified atom stereocenters. The van der Waals surface area contributed by atoms with Crippen molar-refractivity contribution in [3.63, 3.8) is 0 Å². The van der Waals surface area contributed by atoms with Gasteiger partial charge in [0, 0.05) is 52.4 Å². The number of aldehydes is 1. The molecule has 2 fully saturated rings. The Morgan fingerprint density at radius 2 is 1.16 bits per heavy atom. The second kappa shape index (κ2) is 15.2. The number of piperazine rings is 2. The zero-order valence-electron chi connectivity index (χ0n) is 25.4. The third-order valence-corrected chi connectivity index (χ3v) is 6.35. The molecule has 0 N–H and O–H groups in total. The molecular weight excluding hydrogens is 550 g/mol. The summed E-state index contributed by atoms with van der Waals surface area (Å²) in [6.45, 7) is 16.6. The highest BCUT2D eigenvalue weighted by atomic mass is 16.6. The van der Waals surface area contributed by atoms with Gasteiger partial charge in [0.15, 0.2) is 6.29 Å². The first-order chi connectivity index (χ1) is 19.8. The molecule has 2 aliphatic rings. The normalized spacial score (nSPS) is 15.3. The Labute approximate surface area is 255 Å². The van der Waals surface area contributed by atoms with Crippen LogP contribution in [0.4, 0.5) is 21.0 Å². The van der Waals surface area contributed by atoms with E-state index in [4.69, 9.17) is 14.7 Å². The number of carbonyl (C=O) groups is 3. The summed E-state index contributed by atoms with van der Waals surface area (Å²) < 4.78 is 10.7. The molecule has 234 valence electrons. The number of nitriles is 1. The van der Waals surface area contributed by atoms with Crippen molar-refractivity contribution < 1.29 is 23.9 Å². The zero-order valence-corrected chi connectivity index (χ0v) is 25.4. The number of aromatic nitrogens is 2. The number of ether oxygens (including phenoxy) is 2. The number of amides is 2. The maximum Gasteiger partial charge on any atom is 0.410 e. The van der Waals surface area contributed by atoms with Gasteiger partial charge < -0.3 is 29.1 Å². The van der Waals surface area contributed by atoms with Crippen molar-refractivity contribution in [2.75, 3.05) is 62.2 Å². The lowest BCUT2D eigenvalue weighted by molar-refractivity contribution is 0.0230. The van der Waals surface area contributed by atoms with Crippen LogP contribution in [0.3, 0.4) is 0 Å². The number of hydrogen-bond acceptors (Lipinski definition) is 10. The Bertz CT molecular complexity index is 1230. The summed E-state index contributed by atoms with van der Waals surface area (Å²) in [6.07, 6.45) is 3.58. The predicted molar refractivity (Wildman–Crippen MR) is 165 cm³/mol. The maximum absolute atomic E-state index is 12.0. The van der Waals surface area contributed by atoms with Crippen LogP contribution < -0.4 is 9.80 Å². The molecule has 2 saturated heterocycles. The lowest BCUT2D eigenvalue weighted by atomic mass is 10.2. The van der Waals surface area contributed by atoms with E-state index < -0.39 is 11.2 Å². The third kappa shape index (κ3) is 11.1. The minimum atomic E-state index is -0.469. The fourth-order valence-corrected chi connectivity index (χ4v) is 4.24. The van der Waals surface area contributed by atoms with Crippen molar-refractivity contribution in [1.29, 1.82) is 5.26 Å². The SMILES string of the molecule is C.CC(C)(C)OC(=O)N1CCN(c2ccc(C#N)nc2)CC1.CC(C)(C)OC(=O)N1CCN(c2ccc(C=O)nc2)CC1. The average molecular weight is 596 g/mol. The van der Waals surface area contributed by atoms with Crippen LogP contribution in [0.1, 0.15) is 65.2 Å². The molecule has 0 atom stereocenters. The summed E-state index contributed by atoms with van der Waals surface area (Å²) in [4.78, 5) is 50.4. The van der Waals surface area contributed by atoms with Crippen molar-refractivity contribution in [2.24, 2.45) is 0 Å². The molecule has 4 rings (SSSR count). The molecule has 2 amide bonds. The highest BCUT2D eigenvalue weighted by Crippen LogP contribution is 2.19. The molecule has 2 aromatic heterocycles. The first kappa shape index (κ1) is 34.8. The second-order valence-electron chi connectivity index (χ2n) is 12.0. The van der Waals surface area contributed by atoms with E-state index in [1.165, 1.54) is 0 Å². The number of anilines is 2. The molecule has 0 aromatic carbocycles. The van der Waals surface area contributed by atoms with Crippen molar-refractivity contribution in [1.82, 2.24) is 19.8 Å². The molecule has 0 spiro atoms. The lowest BCUT2D eigenvalue weighted by Crippen LogP contribution is -2.50. The number of hydrogen-bond donors (Lipinski definition) is 0. The summed E-state index contributed by atoms with van der Waals surface area (Å²) in [5, 5.41) is 8.74. The number of pyridine rings is 2. The molecule has 4 heterocycles. The maximum atomic E-state index is 12.0. The van der Waals surface area contributed by atoms with Crippen LogP contribution in [0.15, 0.2) is 36.7 Å². The fraction of sp³-hybridized carbons (Fsp3) is 0.548. The first-order valence-electron chi connectivity index (χ1n) is 14.0. The Morgan fingerprint density at radius 1 is 0.744 bits per heavy atom. The summed E-state index contributed by atoms with van der Waals surface area (Å²) in [7, 11) is 0. The molecule has 2 aliphatic heterocycles. The summed E-state index contributed by atoms with van der Waals surface area (Å²) in [5.41, 5.74) is 1.83. The molecular formula is C31H45N7O5. The summed E-state index contributed by atoms with van der Waals surface area (Å²) in [6, 6.07) is 9.16. The highest BCUT2D eigenvalue weighted by Gasteiger charge is 2.27.